The molecule has 2 unspecified atom stereocenters. The highest BCUT2D eigenvalue weighted by atomic mass is 16.4. The highest BCUT2D eigenvalue weighted by molar-refractivity contribution is 5.87. The predicted octanol–water partition coefficient (Wildman–Crippen LogP) is 3.06. The van der Waals surface area contributed by atoms with Crippen molar-refractivity contribution >= 4 is 5.97 Å². The van der Waals surface area contributed by atoms with Gasteiger partial charge in [0.05, 0.1) is 5.56 Å². The van der Waals surface area contributed by atoms with E-state index in [1.165, 1.54) is 23.9 Å². The number of carboxylic acid groups (broad SMARTS) is 1. The standard InChI is InChI=1S/C17H17NO3/c19-16-9-7-14(17(20)21)11-18(16)15-8-6-13(10-15)12-4-2-1-3-5-12/h1-5,7,9,11,13,15H,6,8,10H2,(H,20,21). The maximum atomic E-state index is 12.0. The van der Waals surface area contributed by atoms with Gasteiger partial charge in [-0.3, -0.25) is 4.79 Å². The van der Waals surface area contributed by atoms with Crippen molar-refractivity contribution in [1.82, 2.24) is 4.57 Å². The Balaban J connectivity index is 1.85. The van der Waals surface area contributed by atoms with Crippen LogP contribution in [-0.4, -0.2) is 15.6 Å². The largest absolute Gasteiger partial charge is 0.478 e. The van der Waals surface area contributed by atoms with Crippen LogP contribution in [0.3, 0.4) is 0 Å². The van der Waals surface area contributed by atoms with E-state index in [-0.39, 0.29) is 17.2 Å². The summed E-state index contributed by atoms with van der Waals surface area (Å²) in [6, 6.07) is 13.1. The fourth-order valence-corrected chi connectivity index (χ4v) is 3.15. The van der Waals surface area contributed by atoms with Crippen LogP contribution in [0.15, 0.2) is 53.5 Å². The van der Waals surface area contributed by atoms with Gasteiger partial charge in [-0.05, 0) is 36.8 Å². The van der Waals surface area contributed by atoms with Crippen molar-refractivity contribution in [3.8, 4) is 0 Å². The average molecular weight is 283 g/mol. The Bertz CT molecular complexity index is 705. The number of carboxylic acids is 1. The van der Waals surface area contributed by atoms with Crippen molar-refractivity contribution < 1.29 is 9.90 Å². The lowest BCUT2D eigenvalue weighted by molar-refractivity contribution is 0.0695. The number of aromatic carboxylic acids is 1. The predicted molar refractivity (Wildman–Crippen MR) is 79.7 cm³/mol. The number of nitrogens with zero attached hydrogens (tertiary/aromatic N) is 1. The lowest BCUT2D eigenvalue weighted by atomic mass is 9.97. The van der Waals surface area contributed by atoms with E-state index in [9.17, 15) is 9.59 Å². The van der Waals surface area contributed by atoms with Crippen molar-refractivity contribution in [2.45, 2.75) is 31.2 Å². The quantitative estimate of drug-likeness (QED) is 0.941. The molecule has 4 heteroatoms. The summed E-state index contributed by atoms with van der Waals surface area (Å²) in [7, 11) is 0. The van der Waals surface area contributed by atoms with Crippen LogP contribution in [0.4, 0.5) is 0 Å². The molecule has 1 aliphatic rings. The van der Waals surface area contributed by atoms with E-state index in [1.807, 2.05) is 18.2 Å². The van der Waals surface area contributed by atoms with Gasteiger partial charge >= 0.3 is 5.97 Å². The molecule has 3 rings (SSSR count). The summed E-state index contributed by atoms with van der Waals surface area (Å²) in [6.07, 6.45) is 4.29. The van der Waals surface area contributed by atoms with E-state index in [4.69, 9.17) is 5.11 Å². The van der Waals surface area contributed by atoms with Crippen molar-refractivity contribution in [3.05, 3.63) is 70.1 Å². The molecule has 0 bridgehead atoms. The minimum Gasteiger partial charge on any atom is -0.478 e. The summed E-state index contributed by atoms with van der Waals surface area (Å²) in [4.78, 5) is 23.0. The van der Waals surface area contributed by atoms with Gasteiger partial charge in [0, 0.05) is 18.3 Å². The Kier molecular flexibility index (Phi) is 3.60. The fourth-order valence-electron chi connectivity index (χ4n) is 3.15. The highest BCUT2D eigenvalue weighted by Gasteiger charge is 2.27. The molecular weight excluding hydrogens is 266 g/mol. The van der Waals surface area contributed by atoms with Gasteiger partial charge in [-0.1, -0.05) is 30.3 Å². The smallest absolute Gasteiger partial charge is 0.337 e. The zero-order valence-corrected chi connectivity index (χ0v) is 11.6. The second kappa shape index (κ2) is 5.56. The lowest BCUT2D eigenvalue weighted by Gasteiger charge is -2.15. The topological polar surface area (TPSA) is 59.3 Å². The minimum absolute atomic E-state index is 0.0852. The molecule has 1 aromatic heterocycles. The first-order chi connectivity index (χ1) is 10.1. The number of rotatable bonds is 3. The lowest BCUT2D eigenvalue weighted by Crippen LogP contribution is -2.23. The Morgan fingerprint density at radius 1 is 1.10 bits per heavy atom. The zero-order valence-electron chi connectivity index (χ0n) is 11.6. The van der Waals surface area contributed by atoms with Crippen LogP contribution in [0.25, 0.3) is 0 Å². The van der Waals surface area contributed by atoms with Crippen molar-refractivity contribution in [2.75, 3.05) is 0 Å². The number of pyridine rings is 1. The number of benzene rings is 1. The molecule has 4 nitrogen and oxygen atoms in total. The molecule has 1 heterocycles. The first-order valence-corrected chi connectivity index (χ1v) is 7.15. The molecule has 2 aromatic rings. The monoisotopic (exact) mass is 283 g/mol. The molecule has 21 heavy (non-hydrogen) atoms. The molecule has 108 valence electrons. The third-order valence-corrected chi connectivity index (χ3v) is 4.25. The van der Waals surface area contributed by atoms with Crippen LogP contribution >= 0.6 is 0 Å². The summed E-state index contributed by atoms with van der Waals surface area (Å²) in [6.45, 7) is 0. The molecule has 0 aliphatic heterocycles. The van der Waals surface area contributed by atoms with Gasteiger partial charge < -0.3 is 9.67 Å². The van der Waals surface area contributed by atoms with Gasteiger partial charge in [0.2, 0.25) is 0 Å². The molecule has 2 atom stereocenters. The maximum Gasteiger partial charge on any atom is 0.337 e. The number of carbonyl (C=O) groups is 1. The molecule has 1 N–H and O–H groups in total. The summed E-state index contributed by atoms with van der Waals surface area (Å²) in [5, 5.41) is 9.06. The van der Waals surface area contributed by atoms with Crippen molar-refractivity contribution in [2.24, 2.45) is 0 Å². The molecule has 1 aliphatic carbocycles. The summed E-state index contributed by atoms with van der Waals surface area (Å²) < 4.78 is 1.59. The van der Waals surface area contributed by atoms with Gasteiger partial charge in [0.25, 0.3) is 5.56 Å². The van der Waals surface area contributed by atoms with E-state index in [0.29, 0.717) is 5.92 Å². The molecule has 0 radical (unpaired) electrons. The average Bonchev–Trinajstić information content (AvgIpc) is 2.98. The first kappa shape index (κ1) is 13.6. The van der Waals surface area contributed by atoms with E-state index in [2.05, 4.69) is 12.1 Å². The number of hydrogen-bond donors (Lipinski definition) is 1. The van der Waals surface area contributed by atoms with Gasteiger partial charge in [-0.25, -0.2) is 4.79 Å². The summed E-state index contributed by atoms with van der Waals surface area (Å²) >= 11 is 0. The summed E-state index contributed by atoms with van der Waals surface area (Å²) in [5.41, 5.74) is 1.33. The zero-order chi connectivity index (χ0) is 14.8. The van der Waals surface area contributed by atoms with Crippen LogP contribution in [0.1, 0.15) is 47.1 Å². The van der Waals surface area contributed by atoms with Gasteiger partial charge in [0.15, 0.2) is 0 Å². The van der Waals surface area contributed by atoms with Gasteiger partial charge in [-0.15, -0.1) is 0 Å². The van der Waals surface area contributed by atoms with Crippen molar-refractivity contribution in [1.29, 1.82) is 0 Å². The maximum absolute atomic E-state index is 12.0. The molecular formula is C17H17NO3. The van der Waals surface area contributed by atoms with Crippen LogP contribution in [-0.2, 0) is 0 Å². The summed E-state index contributed by atoms with van der Waals surface area (Å²) in [5.74, 6) is -0.557. The second-order valence-corrected chi connectivity index (χ2v) is 5.54. The number of aromatic nitrogens is 1. The van der Waals surface area contributed by atoms with Gasteiger partial charge in [-0.2, -0.15) is 0 Å². The van der Waals surface area contributed by atoms with E-state index >= 15 is 0 Å². The van der Waals surface area contributed by atoms with E-state index < -0.39 is 5.97 Å². The van der Waals surface area contributed by atoms with Crippen molar-refractivity contribution in [3.63, 3.8) is 0 Å². The SMILES string of the molecule is O=C(O)c1ccc(=O)n(C2CCC(c3ccccc3)C2)c1. The molecule has 0 saturated heterocycles. The normalized spacial score (nSPS) is 21.3. The van der Waals surface area contributed by atoms with Crippen LogP contribution in [0.5, 0.6) is 0 Å². The Morgan fingerprint density at radius 2 is 1.86 bits per heavy atom. The molecule has 1 aromatic carbocycles. The minimum atomic E-state index is -0.999. The molecule has 1 saturated carbocycles. The van der Waals surface area contributed by atoms with Crippen LogP contribution < -0.4 is 5.56 Å². The third-order valence-electron chi connectivity index (χ3n) is 4.25. The molecule has 0 spiro atoms. The first-order valence-electron chi connectivity index (χ1n) is 7.15. The van der Waals surface area contributed by atoms with E-state index in [0.717, 1.165) is 19.3 Å². The Hall–Kier alpha value is -2.36. The Labute approximate surface area is 122 Å². The van der Waals surface area contributed by atoms with E-state index in [1.54, 1.807) is 4.57 Å². The third kappa shape index (κ3) is 2.75. The second-order valence-electron chi connectivity index (χ2n) is 5.54. The fraction of sp³-hybridized carbons (Fsp3) is 0.294. The van der Waals surface area contributed by atoms with Crippen LogP contribution in [0, 0.1) is 0 Å². The van der Waals surface area contributed by atoms with Crippen LogP contribution in [0.2, 0.25) is 0 Å². The van der Waals surface area contributed by atoms with Gasteiger partial charge in [0.1, 0.15) is 0 Å². The molecule has 1 fully saturated rings. The Morgan fingerprint density at radius 3 is 2.57 bits per heavy atom. The number of hydrogen-bond acceptors (Lipinski definition) is 2. The molecule has 0 amide bonds. The highest BCUT2D eigenvalue weighted by Crippen LogP contribution is 2.40.